The molecule has 0 aromatic heterocycles. The quantitative estimate of drug-likeness (QED) is 0.182. The Labute approximate surface area is 186 Å². The maximum atomic E-state index is 12.2. The van der Waals surface area contributed by atoms with E-state index in [9.17, 15) is 14.7 Å². The van der Waals surface area contributed by atoms with E-state index in [-0.39, 0.29) is 6.42 Å². The average molecular weight is 427 g/mol. The predicted molar refractivity (Wildman–Crippen MR) is 126 cm³/mol. The highest BCUT2D eigenvalue weighted by molar-refractivity contribution is 5.74. The number of unbranched alkanes of at least 4 members (excludes halogenated alkanes) is 8. The number of aliphatic carboxylic acids is 2. The van der Waals surface area contributed by atoms with Crippen LogP contribution in [0.25, 0.3) is 0 Å². The molecule has 0 atom stereocenters. The van der Waals surface area contributed by atoms with E-state index in [2.05, 4.69) is 27.7 Å². The van der Waals surface area contributed by atoms with Crippen molar-refractivity contribution in [3.05, 3.63) is 0 Å². The van der Waals surface area contributed by atoms with Crippen molar-refractivity contribution < 1.29 is 19.8 Å². The first kappa shape index (κ1) is 28.9. The molecule has 0 bridgehead atoms. The summed E-state index contributed by atoms with van der Waals surface area (Å²) in [6, 6.07) is 0. The zero-order valence-electron chi connectivity index (χ0n) is 20.4. The van der Waals surface area contributed by atoms with Gasteiger partial charge in [-0.05, 0) is 37.5 Å². The van der Waals surface area contributed by atoms with Gasteiger partial charge >= 0.3 is 11.9 Å². The number of carbonyl (C=O) groups is 2. The zero-order chi connectivity index (χ0) is 22.8. The van der Waals surface area contributed by atoms with Crippen LogP contribution in [-0.2, 0) is 9.59 Å². The monoisotopic (exact) mass is 426 g/mol. The highest BCUT2D eigenvalue weighted by Gasteiger charge is 2.36. The van der Waals surface area contributed by atoms with E-state index in [0.29, 0.717) is 25.7 Å². The van der Waals surface area contributed by atoms with Crippen LogP contribution >= 0.6 is 0 Å². The lowest BCUT2D eigenvalue weighted by Gasteiger charge is -2.30. The summed E-state index contributed by atoms with van der Waals surface area (Å²) in [6.45, 7) is 9.01. The lowest BCUT2D eigenvalue weighted by Crippen LogP contribution is -2.31. The van der Waals surface area contributed by atoms with Crippen molar-refractivity contribution in [2.45, 2.75) is 137 Å². The molecule has 178 valence electrons. The van der Waals surface area contributed by atoms with Crippen molar-refractivity contribution >= 4 is 11.9 Å². The van der Waals surface area contributed by atoms with E-state index < -0.39 is 17.4 Å². The molecule has 30 heavy (non-hydrogen) atoms. The number of hydrogen-bond acceptors (Lipinski definition) is 2. The molecule has 0 amide bonds. The number of carboxylic acid groups (broad SMARTS) is 2. The SMILES string of the molecule is CC(C)CCCCCCCC(CCCCCCCC(C)C)(CCCC(=O)O)C(=O)O. The van der Waals surface area contributed by atoms with Crippen LogP contribution in [0.15, 0.2) is 0 Å². The molecule has 0 unspecified atom stereocenters. The van der Waals surface area contributed by atoms with Gasteiger partial charge in [0.2, 0.25) is 0 Å². The topological polar surface area (TPSA) is 74.6 Å². The van der Waals surface area contributed by atoms with Gasteiger partial charge in [0.05, 0.1) is 5.41 Å². The molecule has 0 saturated carbocycles. The molecule has 0 aliphatic rings. The molecule has 4 nitrogen and oxygen atoms in total. The van der Waals surface area contributed by atoms with Crippen LogP contribution in [0.4, 0.5) is 0 Å². The molecular formula is C26H50O4. The maximum Gasteiger partial charge on any atom is 0.309 e. The van der Waals surface area contributed by atoms with Gasteiger partial charge in [-0.1, -0.05) is 105 Å². The maximum absolute atomic E-state index is 12.2. The Morgan fingerprint density at radius 1 is 0.600 bits per heavy atom. The zero-order valence-corrected chi connectivity index (χ0v) is 20.4. The van der Waals surface area contributed by atoms with Gasteiger partial charge < -0.3 is 10.2 Å². The van der Waals surface area contributed by atoms with Crippen LogP contribution in [0, 0.1) is 17.3 Å². The number of carboxylic acids is 2. The fourth-order valence-electron chi connectivity index (χ4n) is 4.37. The second-order valence-electron chi connectivity index (χ2n) is 10.2. The Morgan fingerprint density at radius 2 is 0.967 bits per heavy atom. The molecule has 0 saturated heterocycles. The van der Waals surface area contributed by atoms with E-state index in [1.165, 1.54) is 51.4 Å². The normalized spacial score (nSPS) is 12.1. The fourth-order valence-corrected chi connectivity index (χ4v) is 4.37. The first-order valence-corrected chi connectivity index (χ1v) is 12.6. The van der Waals surface area contributed by atoms with E-state index in [1.54, 1.807) is 0 Å². The Bertz CT molecular complexity index is 420. The summed E-state index contributed by atoms with van der Waals surface area (Å²) < 4.78 is 0. The molecule has 0 aromatic rings. The van der Waals surface area contributed by atoms with Crippen molar-refractivity contribution in [3.63, 3.8) is 0 Å². The minimum absolute atomic E-state index is 0.0689. The van der Waals surface area contributed by atoms with Gasteiger partial charge in [0.25, 0.3) is 0 Å². The third-order valence-corrected chi connectivity index (χ3v) is 6.37. The van der Waals surface area contributed by atoms with Gasteiger partial charge in [-0.3, -0.25) is 9.59 Å². The molecule has 0 radical (unpaired) electrons. The molecule has 0 aromatic carbocycles. The molecule has 2 N–H and O–H groups in total. The fraction of sp³-hybridized carbons (Fsp3) is 0.923. The smallest absolute Gasteiger partial charge is 0.309 e. The summed E-state index contributed by atoms with van der Waals surface area (Å²) in [5.41, 5.74) is -0.731. The first-order valence-electron chi connectivity index (χ1n) is 12.6. The van der Waals surface area contributed by atoms with E-state index >= 15 is 0 Å². The molecule has 0 rings (SSSR count). The van der Waals surface area contributed by atoms with Crippen molar-refractivity contribution in [1.29, 1.82) is 0 Å². The summed E-state index contributed by atoms with van der Waals surface area (Å²) >= 11 is 0. The Hall–Kier alpha value is -1.06. The molecule has 0 fully saturated rings. The largest absolute Gasteiger partial charge is 0.481 e. The van der Waals surface area contributed by atoms with Crippen LogP contribution < -0.4 is 0 Å². The van der Waals surface area contributed by atoms with Crippen LogP contribution in [0.1, 0.15) is 137 Å². The van der Waals surface area contributed by atoms with Gasteiger partial charge in [0.15, 0.2) is 0 Å². The Balaban J connectivity index is 4.47. The molecule has 0 aliphatic heterocycles. The summed E-state index contributed by atoms with van der Waals surface area (Å²) in [5, 5.41) is 19.0. The third-order valence-electron chi connectivity index (χ3n) is 6.37. The van der Waals surface area contributed by atoms with Crippen molar-refractivity contribution in [2.24, 2.45) is 17.3 Å². The van der Waals surface area contributed by atoms with E-state index in [4.69, 9.17) is 5.11 Å². The number of rotatable bonds is 21. The summed E-state index contributed by atoms with van der Waals surface area (Å²) in [6.07, 6.45) is 16.3. The molecule has 0 aliphatic carbocycles. The van der Waals surface area contributed by atoms with E-state index in [1.807, 2.05) is 0 Å². The van der Waals surface area contributed by atoms with Crippen LogP contribution in [0.3, 0.4) is 0 Å². The first-order chi connectivity index (χ1) is 14.2. The van der Waals surface area contributed by atoms with Gasteiger partial charge in [-0.15, -0.1) is 0 Å². The van der Waals surface area contributed by atoms with Crippen LogP contribution in [0.5, 0.6) is 0 Å². The van der Waals surface area contributed by atoms with Gasteiger partial charge in [0, 0.05) is 6.42 Å². The van der Waals surface area contributed by atoms with Gasteiger partial charge in [0.1, 0.15) is 0 Å². The Morgan fingerprint density at radius 3 is 1.33 bits per heavy atom. The minimum atomic E-state index is -0.829. The second-order valence-corrected chi connectivity index (χ2v) is 10.2. The standard InChI is InChI=1S/C26H50O4/c1-22(2)16-11-7-5-9-13-19-26(25(29)30,21-15-18-24(27)28)20-14-10-6-8-12-17-23(3)4/h22-23H,5-21H2,1-4H3,(H,27,28)(H,29,30). The highest BCUT2D eigenvalue weighted by atomic mass is 16.4. The van der Waals surface area contributed by atoms with E-state index in [0.717, 1.165) is 37.5 Å². The minimum Gasteiger partial charge on any atom is -0.481 e. The average Bonchev–Trinajstić information content (AvgIpc) is 2.64. The summed E-state index contributed by atoms with van der Waals surface area (Å²) in [7, 11) is 0. The predicted octanol–water partition coefficient (Wildman–Crippen LogP) is 8.09. The summed E-state index contributed by atoms with van der Waals surface area (Å²) in [5.74, 6) is -0.0364. The van der Waals surface area contributed by atoms with Crippen LogP contribution in [0.2, 0.25) is 0 Å². The molecule has 4 heteroatoms. The van der Waals surface area contributed by atoms with Crippen molar-refractivity contribution in [2.75, 3.05) is 0 Å². The third kappa shape index (κ3) is 15.7. The molecule has 0 spiro atoms. The van der Waals surface area contributed by atoms with Crippen molar-refractivity contribution in [3.8, 4) is 0 Å². The van der Waals surface area contributed by atoms with Gasteiger partial charge in [-0.25, -0.2) is 0 Å². The summed E-state index contributed by atoms with van der Waals surface area (Å²) in [4.78, 5) is 23.2. The van der Waals surface area contributed by atoms with Gasteiger partial charge in [-0.2, -0.15) is 0 Å². The Kier molecular flexibility index (Phi) is 17.0. The van der Waals surface area contributed by atoms with Crippen molar-refractivity contribution in [1.82, 2.24) is 0 Å². The number of hydrogen-bond donors (Lipinski definition) is 2. The lowest BCUT2D eigenvalue weighted by molar-refractivity contribution is -0.151. The van der Waals surface area contributed by atoms with Crippen LogP contribution in [-0.4, -0.2) is 22.2 Å². The molecule has 0 heterocycles. The lowest BCUT2D eigenvalue weighted by atomic mass is 9.74. The molecular weight excluding hydrogens is 376 g/mol. The highest BCUT2D eigenvalue weighted by Crippen LogP contribution is 2.37. The second kappa shape index (κ2) is 17.6.